The van der Waals surface area contributed by atoms with Crippen LogP contribution >= 0.6 is 23.1 Å². The fourth-order valence-corrected chi connectivity index (χ4v) is 3.14. The van der Waals surface area contributed by atoms with E-state index in [4.69, 9.17) is 0 Å². The van der Waals surface area contributed by atoms with Crippen molar-refractivity contribution in [3.8, 4) is 0 Å². The van der Waals surface area contributed by atoms with Gasteiger partial charge in [0.15, 0.2) is 4.34 Å². The summed E-state index contributed by atoms with van der Waals surface area (Å²) in [5.74, 6) is 0.905. The molecule has 2 heterocycles. The van der Waals surface area contributed by atoms with Crippen molar-refractivity contribution in [2.75, 3.05) is 22.9 Å². The zero-order chi connectivity index (χ0) is 14.5. The van der Waals surface area contributed by atoms with E-state index in [1.165, 1.54) is 23.1 Å². The summed E-state index contributed by atoms with van der Waals surface area (Å²) >= 11 is 2.82. The van der Waals surface area contributed by atoms with E-state index in [0.717, 1.165) is 21.7 Å². The molecule has 0 saturated heterocycles. The molecule has 1 amide bonds. The number of rotatable bonds is 6. The van der Waals surface area contributed by atoms with Crippen molar-refractivity contribution in [3.63, 3.8) is 0 Å². The minimum absolute atomic E-state index is 0.0850. The Morgan fingerprint density at radius 3 is 2.95 bits per heavy atom. The molecule has 0 aromatic carbocycles. The minimum atomic E-state index is -0.0850. The predicted octanol–water partition coefficient (Wildman–Crippen LogP) is 1.74. The fourth-order valence-electron chi connectivity index (χ4n) is 1.52. The molecular formula is C11H16N6OS2. The minimum Gasteiger partial charge on any atom is -0.360 e. The van der Waals surface area contributed by atoms with Gasteiger partial charge in [-0.3, -0.25) is 9.48 Å². The Hall–Kier alpha value is -1.61. The number of aryl methyl sites for hydroxylation is 2. The highest BCUT2D eigenvalue weighted by atomic mass is 32.2. The first-order valence-corrected chi connectivity index (χ1v) is 7.89. The number of aromatic nitrogens is 4. The number of carbonyl (C=O) groups excluding carboxylic acids is 1. The van der Waals surface area contributed by atoms with E-state index in [1.807, 2.05) is 19.9 Å². The molecular weight excluding hydrogens is 296 g/mol. The summed E-state index contributed by atoms with van der Waals surface area (Å²) in [6.45, 7) is 4.69. The van der Waals surface area contributed by atoms with Gasteiger partial charge in [0.25, 0.3) is 0 Å². The molecule has 108 valence electrons. The molecule has 2 N–H and O–H groups in total. The van der Waals surface area contributed by atoms with Gasteiger partial charge in [-0.15, -0.1) is 10.2 Å². The molecule has 20 heavy (non-hydrogen) atoms. The molecule has 0 radical (unpaired) electrons. The van der Waals surface area contributed by atoms with E-state index >= 15 is 0 Å². The lowest BCUT2D eigenvalue weighted by atomic mass is 10.4. The van der Waals surface area contributed by atoms with Gasteiger partial charge in [0.1, 0.15) is 5.82 Å². The van der Waals surface area contributed by atoms with Crippen molar-refractivity contribution in [1.82, 2.24) is 20.0 Å². The zero-order valence-electron chi connectivity index (χ0n) is 11.5. The lowest BCUT2D eigenvalue weighted by molar-refractivity contribution is -0.113. The third-order valence-corrected chi connectivity index (χ3v) is 4.34. The highest BCUT2D eigenvalue weighted by Gasteiger charge is 2.10. The predicted molar refractivity (Wildman–Crippen MR) is 81.4 cm³/mol. The summed E-state index contributed by atoms with van der Waals surface area (Å²) in [4.78, 5) is 11.8. The second-order valence-corrected chi connectivity index (χ2v) is 6.23. The number of nitrogens with one attached hydrogen (secondary N) is 2. The molecule has 0 spiro atoms. The third kappa shape index (κ3) is 3.94. The van der Waals surface area contributed by atoms with E-state index in [2.05, 4.69) is 25.9 Å². The first-order chi connectivity index (χ1) is 9.58. The maximum Gasteiger partial charge on any atom is 0.235 e. The number of hydrogen-bond donors (Lipinski definition) is 2. The molecule has 7 nitrogen and oxygen atoms in total. The standard InChI is InChI=1S/C11H16N6OS2/c1-4-12-10-14-15-11(20-10)19-6-9(18)13-8-5-7(2)16-17(8)3/h5H,4,6H2,1-3H3,(H,12,14)(H,13,18). The van der Waals surface area contributed by atoms with E-state index in [-0.39, 0.29) is 5.91 Å². The van der Waals surface area contributed by atoms with Crippen LogP contribution in [0.2, 0.25) is 0 Å². The van der Waals surface area contributed by atoms with Crippen molar-refractivity contribution >= 4 is 40.0 Å². The highest BCUT2D eigenvalue weighted by Crippen LogP contribution is 2.25. The highest BCUT2D eigenvalue weighted by molar-refractivity contribution is 8.01. The molecule has 2 aromatic rings. The molecule has 0 aliphatic rings. The molecule has 0 aliphatic carbocycles. The van der Waals surface area contributed by atoms with Crippen LogP contribution in [0.5, 0.6) is 0 Å². The molecule has 0 fully saturated rings. The Kier molecular flexibility index (Phi) is 4.96. The molecule has 2 aromatic heterocycles. The number of hydrogen-bond acceptors (Lipinski definition) is 7. The Morgan fingerprint density at radius 2 is 2.30 bits per heavy atom. The number of nitrogens with zero attached hydrogens (tertiary/aromatic N) is 4. The van der Waals surface area contributed by atoms with Crippen molar-refractivity contribution in [3.05, 3.63) is 11.8 Å². The fraction of sp³-hybridized carbons (Fsp3) is 0.455. The first-order valence-electron chi connectivity index (χ1n) is 6.09. The smallest absolute Gasteiger partial charge is 0.235 e. The summed E-state index contributed by atoms with van der Waals surface area (Å²) in [5.41, 5.74) is 0.870. The Bertz CT molecular complexity index is 594. The Labute approximate surface area is 125 Å². The first kappa shape index (κ1) is 14.8. The summed E-state index contributed by atoms with van der Waals surface area (Å²) in [7, 11) is 1.79. The Balaban J connectivity index is 1.84. The second kappa shape index (κ2) is 6.71. The van der Waals surface area contributed by atoms with Crippen LogP contribution < -0.4 is 10.6 Å². The van der Waals surface area contributed by atoms with Crippen LogP contribution in [-0.4, -0.2) is 38.2 Å². The van der Waals surface area contributed by atoms with Crippen molar-refractivity contribution in [1.29, 1.82) is 0 Å². The maximum absolute atomic E-state index is 11.8. The van der Waals surface area contributed by atoms with Gasteiger partial charge in [0.05, 0.1) is 11.4 Å². The van der Waals surface area contributed by atoms with E-state index in [0.29, 0.717) is 11.6 Å². The lowest BCUT2D eigenvalue weighted by Crippen LogP contribution is -2.16. The number of amides is 1. The molecule has 2 rings (SSSR count). The SMILES string of the molecule is CCNc1nnc(SCC(=O)Nc2cc(C)nn2C)s1. The Morgan fingerprint density at radius 1 is 1.50 bits per heavy atom. The van der Waals surface area contributed by atoms with E-state index in [1.54, 1.807) is 11.7 Å². The lowest BCUT2D eigenvalue weighted by Gasteiger charge is -2.03. The summed E-state index contributed by atoms with van der Waals surface area (Å²) < 4.78 is 2.42. The summed E-state index contributed by atoms with van der Waals surface area (Å²) in [6.07, 6.45) is 0. The molecule has 0 aliphatic heterocycles. The van der Waals surface area contributed by atoms with Gasteiger partial charge >= 0.3 is 0 Å². The van der Waals surface area contributed by atoms with Crippen LogP contribution in [0.15, 0.2) is 10.4 Å². The normalized spacial score (nSPS) is 10.6. The topological polar surface area (TPSA) is 84.7 Å². The van der Waals surface area contributed by atoms with Crippen LogP contribution in [0.4, 0.5) is 10.9 Å². The quantitative estimate of drug-likeness (QED) is 0.790. The number of carbonyl (C=O) groups is 1. The van der Waals surface area contributed by atoms with Crippen LogP contribution in [0.25, 0.3) is 0 Å². The van der Waals surface area contributed by atoms with Crippen LogP contribution in [0.3, 0.4) is 0 Å². The number of thioether (sulfide) groups is 1. The molecule has 0 unspecified atom stereocenters. The third-order valence-electron chi connectivity index (χ3n) is 2.33. The summed E-state index contributed by atoms with van der Waals surface area (Å²) in [6, 6.07) is 1.83. The van der Waals surface area contributed by atoms with Crippen LogP contribution in [0.1, 0.15) is 12.6 Å². The van der Waals surface area contributed by atoms with Gasteiger partial charge in [-0.25, -0.2) is 0 Å². The van der Waals surface area contributed by atoms with Crippen LogP contribution in [-0.2, 0) is 11.8 Å². The maximum atomic E-state index is 11.8. The van der Waals surface area contributed by atoms with Gasteiger partial charge in [-0.05, 0) is 13.8 Å². The van der Waals surface area contributed by atoms with E-state index in [9.17, 15) is 4.79 Å². The van der Waals surface area contributed by atoms with E-state index < -0.39 is 0 Å². The van der Waals surface area contributed by atoms with Gasteiger partial charge in [0, 0.05) is 19.7 Å². The zero-order valence-corrected chi connectivity index (χ0v) is 13.1. The molecule has 9 heteroatoms. The summed E-state index contributed by atoms with van der Waals surface area (Å²) in [5, 5.41) is 18.8. The van der Waals surface area contributed by atoms with Crippen molar-refractivity contribution in [2.24, 2.45) is 7.05 Å². The molecule has 0 atom stereocenters. The average Bonchev–Trinajstić information content (AvgIpc) is 2.95. The number of anilines is 2. The van der Waals surface area contributed by atoms with Gasteiger partial charge in [-0.2, -0.15) is 5.10 Å². The monoisotopic (exact) mass is 312 g/mol. The van der Waals surface area contributed by atoms with Gasteiger partial charge in [-0.1, -0.05) is 23.1 Å². The van der Waals surface area contributed by atoms with Gasteiger partial charge in [0.2, 0.25) is 11.0 Å². The largest absolute Gasteiger partial charge is 0.360 e. The van der Waals surface area contributed by atoms with Crippen LogP contribution in [0, 0.1) is 6.92 Å². The second-order valence-electron chi connectivity index (χ2n) is 4.03. The molecule has 0 bridgehead atoms. The van der Waals surface area contributed by atoms with Crippen molar-refractivity contribution in [2.45, 2.75) is 18.2 Å². The van der Waals surface area contributed by atoms with Gasteiger partial charge < -0.3 is 10.6 Å². The molecule has 0 saturated carbocycles. The average molecular weight is 312 g/mol. The van der Waals surface area contributed by atoms with Crippen molar-refractivity contribution < 1.29 is 4.79 Å².